The standard InChI is InChI=1S/C15H20N2O3S/c1-15(2,3)14-16-9-10(21-14)6-7-12(18)17-8-4-5-11(17)13(19)20/h6-7,9,11H,4-5,8H2,1-3H3,(H,19,20)/b7-6+/t11-/m1/s1. The number of carboxylic acid groups (broad SMARTS) is 1. The molecular weight excluding hydrogens is 288 g/mol. The van der Waals surface area contributed by atoms with Crippen molar-refractivity contribution in [3.8, 4) is 0 Å². The topological polar surface area (TPSA) is 70.5 Å². The fourth-order valence-corrected chi connectivity index (χ4v) is 3.12. The summed E-state index contributed by atoms with van der Waals surface area (Å²) >= 11 is 1.55. The Bertz CT molecular complexity index is 572. The number of hydrogen-bond donors (Lipinski definition) is 1. The number of nitrogens with zero attached hydrogens (tertiary/aromatic N) is 2. The molecule has 1 fully saturated rings. The minimum atomic E-state index is -0.929. The lowest BCUT2D eigenvalue weighted by atomic mass is 9.98. The zero-order valence-electron chi connectivity index (χ0n) is 12.5. The second kappa shape index (κ2) is 5.97. The molecule has 6 heteroatoms. The molecule has 1 aromatic heterocycles. The van der Waals surface area contributed by atoms with Crippen molar-refractivity contribution in [1.29, 1.82) is 0 Å². The van der Waals surface area contributed by atoms with Gasteiger partial charge in [0.15, 0.2) is 0 Å². The van der Waals surface area contributed by atoms with Crippen molar-refractivity contribution in [2.24, 2.45) is 0 Å². The molecule has 1 aromatic rings. The molecule has 0 saturated carbocycles. The van der Waals surface area contributed by atoms with Crippen molar-refractivity contribution in [1.82, 2.24) is 9.88 Å². The lowest BCUT2D eigenvalue weighted by Crippen LogP contribution is -2.39. The molecule has 21 heavy (non-hydrogen) atoms. The van der Waals surface area contributed by atoms with Crippen LogP contribution in [0.15, 0.2) is 12.3 Å². The highest BCUT2D eigenvalue weighted by Crippen LogP contribution is 2.27. The molecule has 1 saturated heterocycles. The van der Waals surface area contributed by atoms with E-state index in [4.69, 9.17) is 5.11 Å². The number of rotatable bonds is 3. The monoisotopic (exact) mass is 308 g/mol. The second-order valence-corrected chi connectivity index (χ2v) is 7.24. The van der Waals surface area contributed by atoms with Crippen molar-refractivity contribution in [3.05, 3.63) is 22.2 Å². The van der Waals surface area contributed by atoms with Crippen LogP contribution >= 0.6 is 11.3 Å². The fourth-order valence-electron chi connectivity index (χ4n) is 2.25. The van der Waals surface area contributed by atoms with E-state index in [0.717, 1.165) is 16.3 Å². The Morgan fingerprint density at radius 1 is 1.48 bits per heavy atom. The van der Waals surface area contributed by atoms with Gasteiger partial charge in [-0.05, 0) is 18.9 Å². The Hall–Kier alpha value is -1.69. The summed E-state index contributed by atoms with van der Waals surface area (Å²) in [5.41, 5.74) is -0.00980. The third kappa shape index (κ3) is 3.69. The van der Waals surface area contributed by atoms with Gasteiger partial charge in [-0.3, -0.25) is 4.79 Å². The minimum Gasteiger partial charge on any atom is -0.480 e. The molecule has 0 radical (unpaired) electrons. The van der Waals surface area contributed by atoms with Gasteiger partial charge in [0.2, 0.25) is 5.91 Å². The van der Waals surface area contributed by atoms with Crippen LogP contribution in [0.4, 0.5) is 0 Å². The van der Waals surface area contributed by atoms with Crippen LogP contribution in [0.25, 0.3) is 6.08 Å². The number of likely N-dealkylation sites (tertiary alicyclic amines) is 1. The van der Waals surface area contributed by atoms with Crippen LogP contribution in [0, 0.1) is 0 Å². The van der Waals surface area contributed by atoms with Gasteiger partial charge in [0.05, 0.1) is 5.01 Å². The smallest absolute Gasteiger partial charge is 0.326 e. The van der Waals surface area contributed by atoms with Gasteiger partial charge in [-0.2, -0.15) is 0 Å². The molecule has 0 aliphatic carbocycles. The average molecular weight is 308 g/mol. The number of carbonyl (C=O) groups excluding carboxylic acids is 1. The average Bonchev–Trinajstić information content (AvgIpc) is 3.04. The first-order valence-corrected chi connectivity index (χ1v) is 7.78. The Balaban J connectivity index is 2.05. The molecule has 1 aliphatic heterocycles. The zero-order chi connectivity index (χ0) is 15.6. The van der Waals surface area contributed by atoms with E-state index < -0.39 is 12.0 Å². The highest BCUT2D eigenvalue weighted by atomic mass is 32.1. The molecule has 1 atom stereocenters. The predicted molar refractivity (Wildman–Crippen MR) is 82.2 cm³/mol. The molecule has 5 nitrogen and oxygen atoms in total. The molecular formula is C15H20N2O3S. The van der Waals surface area contributed by atoms with Gasteiger partial charge in [0.1, 0.15) is 6.04 Å². The van der Waals surface area contributed by atoms with E-state index in [1.807, 2.05) is 0 Å². The lowest BCUT2D eigenvalue weighted by Gasteiger charge is -2.19. The second-order valence-electron chi connectivity index (χ2n) is 6.18. The summed E-state index contributed by atoms with van der Waals surface area (Å²) in [6.45, 7) is 6.78. The van der Waals surface area contributed by atoms with Gasteiger partial charge < -0.3 is 10.0 Å². The summed E-state index contributed by atoms with van der Waals surface area (Å²) in [6, 6.07) is -0.686. The van der Waals surface area contributed by atoms with Crippen LogP contribution in [0.5, 0.6) is 0 Å². The number of amides is 1. The predicted octanol–water partition coefficient (Wildman–Crippen LogP) is 2.53. The Labute approximate surface area is 128 Å². The summed E-state index contributed by atoms with van der Waals surface area (Å²) in [4.78, 5) is 29.9. The largest absolute Gasteiger partial charge is 0.480 e. The first-order chi connectivity index (χ1) is 9.79. The van der Waals surface area contributed by atoms with Crippen LogP contribution in [0.2, 0.25) is 0 Å². The van der Waals surface area contributed by atoms with E-state index in [0.29, 0.717) is 13.0 Å². The molecule has 0 bridgehead atoms. The normalized spacial score (nSPS) is 19.4. The molecule has 1 N–H and O–H groups in total. The summed E-state index contributed by atoms with van der Waals surface area (Å²) in [5.74, 6) is -1.17. The van der Waals surface area contributed by atoms with E-state index in [2.05, 4.69) is 25.8 Å². The van der Waals surface area contributed by atoms with Crippen molar-refractivity contribution < 1.29 is 14.7 Å². The maximum atomic E-state index is 12.1. The van der Waals surface area contributed by atoms with E-state index in [1.54, 1.807) is 23.6 Å². The third-order valence-electron chi connectivity index (χ3n) is 3.38. The fraction of sp³-hybridized carbons (Fsp3) is 0.533. The molecule has 0 spiro atoms. The third-order valence-corrected chi connectivity index (χ3v) is 4.76. The Morgan fingerprint density at radius 3 is 2.76 bits per heavy atom. The Morgan fingerprint density at radius 2 is 2.19 bits per heavy atom. The van der Waals surface area contributed by atoms with Gasteiger partial charge in [0.25, 0.3) is 0 Å². The number of aromatic nitrogens is 1. The molecule has 1 amide bonds. The molecule has 0 aromatic carbocycles. The lowest BCUT2D eigenvalue weighted by molar-refractivity contribution is -0.146. The van der Waals surface area contributed by atoms with Crippen molar-refractivity contribution in [2.75, 3.05) is 6.54 Å². The highest BCUT2D eigenvalue weighted by molar-refractivity contribution is 7.12. The molecule has 1 aliphatic rings. The Kier molecular flexibility index (Phi) is 4.46. The number of thiazole rings is 1. The van der Waals surface area contributed by atoms with Gasteiger partial charge >= 0.3 is 5.97 Å². The van der Waals surface area contributed by atoms with Gasteiger partial charge in [0, 0.05) is 29.1 Å². The molecule has 2 rings (SSSR count). The van der Waals surface area contributed by atoms with Crippen molar-refractivity contribution >= 4 is 29.3 Å². The first-order valence-electron chi connectivity index (χ1n) is 6.97. The van der Waals surface area contributed by atoms with Crippen LogP contribution in [0.3, 0.4) is 0 Å². The van der Waals surface area contributed by atoms with Crippen molar-refractivity contribution in [3.63, 3.8) is 0 Å². The van der Waals surface area contributed by atoms with Crippen LogP contribution in [-0.4, -0.2) is 39.5 Å². The maximum Gasteiger partial charge on any atom is 0.326 e. The summed E-state index contributed by atoms with van der Waals surface area (Å²) < 4.78 is 0. The molecule has 2 heterocycles. The summed E-state index contributed by atoms with van der Waals surface area (Å²) in [5, 5.41) is 10.1. The first kappa shape index (κ1) is 15.7. The highest BCUT2D eigenvalue weighted by Gasteiger charge is 2.32. The SMILES string of the molecule is CC(C)(C)c1ncc(/C=C/C(=O)N2CCC[C@@H]2C(=O)O)s1. The maximum absolute atomic E-state index is 12.1. The van der Waals surface area contributed by atoms with Gasteiger partial charge in [-0.25, -0.2) is 9.78 Å². The molecule has 0 unspecified atom stereocenters. The quantitative estimate of drug-likeness (QED) is 0.871. The van der Waals surface area contributed by atoms with E-state index >= 15 is 0 Å². The van der Waals surface area contributed by atoms with E-state index in [-0.39, 0.29) is 11.3 Å². The molecule has 114 valence electrons. The minimum absolute atomic E-state index is 0.00980. The van der Waals surface area contributed by atoms with Crippen LogP contribution in [-0.2, 0) is 15.0 Å². The zero-order valence-corrected chi connectivity index (χ0v) is 13.3. The summed E-state index contributed by atoms with van der Waals surface area (Å²) in [6.07, 6.45) is 6.18. The number of carbonyl (C=O) groups is 2. The van der Waals surface area contributed by atoms with Crippen molar-refractivity contribution in [2.45, 2.75) is 45.1 Å². The number of hydrogen-bond acceptors (Lipinski definition) is 4. The van der Waals surface area contributed by atoms with Crippen LogP contribution in [0.1, 0.15) is 43.5 Å². The van der Waals surface area contributed by atoms with Crippen LogP contribution < -0.4 is 0 Å². The van der Waals surface area contributed by atoms with E-state index in [1.165, 1.54) is 11.0 Å². The van der Waals surface area contributed by atoms with E-state index in [9.17, 15) is 9.59 Å². The van der Waals surface area contributed by atoms with Gasteiger partial charge in [-0.1, -0.05) is 20.8 Å². The summed E-state index contributed by atoms with van der Waals surface area (Å²) in [7, 11) is 0. The number of carboxylic acids is 1. The number of aliphatic carboxylic acids is 1. The van der Waals surface area contributed by atoms with Gasteiger partial charge in [-0.15, -0.1) is 11.3 Å².